The summed E-state index contributed by atoms with van der Waals surface area (Å²) in [7, 11) is 1.27. The fourth-order valence-corrected chi connectivity index (χ4v) is 4.80. The number of rotatable bonds is 8. The Labute approximate surface area is 255 Å². The van der Waals surface area contributed by atoms with Crippen molar-refractivity contribution in [2.45, 2.75) is 36.8 Å². The molecule has 6 atom stereocenters. The van der Waals surface area contributed by atoms with Crippen LogP contribution >= 0.6 is 0 Å². The second-order valence-corrected chi connectivity index (χ2v) is 10.3. The molecule has 9 N–H and O–H groups in total. The van der Waals surface area contributed by atoms with Crippen LogP contribution in [0.15, 0.2) is 60.4 Å². The minimum Gasteiger partial charge on any atom is -0.571 e. The van der Waals surface area contributed by atoms with E-state index in [0.29, 0.717) is 5.56 Å². The summed E-state index contributed by atoms with van der Waals surface area (Å²) in [6.07, 6.45) is -5.52. The van der Waals surface area contributed by atoms with Crippen LogP contribution < -0.4 is 4.74 Å². The third-order valence-corrected chi connectivity index (χ3v) is 7.17. The molecule has 5 rings (SSSR count). The summed E-state index contributed by atoms with van der Waals surface area (Å²) in [6.45, 7) is -0.539. The molecule has 1 fully saturated rings. The Bertz CT molecular complexity index is 1620. The first-order chi connectivity index (χ1) is 21.4. The molecule has 0 bridgehead atoms. The Morgan fingerprint density at radius 2 is 1.64 bits per heavy atom. The summed E-state index contributed by atoms with van der Waals surface area (Å²) in [5, 5.41) is 82.1. The van der Waals surface area contributed by atoms with Gasteiger partial charge >= 0.3 is 5.97 Å². The Morgan fingerprint density at radius 3 is 2.36 bits per heavy atom. The molecule has 0 spiro atoms. The molecule has 0 radical (unpaired) electrons. The van der Waals surface area contributed by atoms with Crippen LogP contribution in [-0.2, 0) is 19.0 Å². The zero-order valence-electron chi connectivity index (χ0n) is 23.6. The standard InChI is InChI=1S/C31H30O14/c1-41-22-9-15(8-20(35)26(22)37)30-23(12-18-19(34)10-17(33)11-21(18)43-30)44-31-29(40)28(39)27(38)24(45-31)13-42-25(36)7-4-14-2-5-16(32)6-3-14/h2-12,24,27-35,37-40H,13H2,1H3/p+1/b7-4+/t24-,27-,28+,29-,30?,31?/m1/s1. The van der Waals surface area contributed by atoms with E-state index in [4.69, 9.17) is 18.9 Å². The van der Waals surface area contributed by atoms with Crippen LogP contribution in [0.1, 0.15) is 22.8 Å². The first-order valence-corrected chi connectivity index (χ1v) is 13.5. The van der Waals surface area contributed by atoms with E-state index in [1.807, 2.05) is 0 Å². The predicted molar refractivity (Wildman–Crippen MR) is 154 cm³/mol. The number of phenolic OH excluding ortho intramolecular Hbond substituents is 5. The van der Waals surface area contributed by atoms with Gasteiger partial charge in [-0.3, -0.25) is 0 Å². The summed E-state index contributed by atoms with van der Waals surface area (Å²) < 4.78 is 26.5. The van der Waals surface area contributed by atoms with Crippen molar-refractivity contribution in [2.24, 2.45) is 0 Å². The predicted octanol–water partition coefficient (Wildman–Crippen LogP) is 1.64. The van der Waals surface area contributed by atoms with Crippen molar-refractivity contribution >= 4 is 18.1 Å². The highest BCUT2D eigenvalue weighted by molar-refractivity contribution is 5.87. The van der Waals surface area contributed by atoms with Crippen molar-refractivity contribution in [3.05, 3.63) is 77.1 Å². The second-order valence-electron chi connectivity index (χ2n) is 10.3. The van der Waals surface area contributed by atoms with E-state index in [1.54, 1.807) is 12.1 Å². The van der Waals surface area contributed by atoms with E-state index in [9.17, 15) is 45.6 Å². The smallest absolute Gasteiger partial charge is 0.330 e. The number of methoxy groups -OCH3 is 1. The van der Waals surface area contributed by atoms with Gasteiger partial charge in [-0.2, -0.15) is 0 Å². The molecule has 0 aromatic heterocycles. The highest BCUT2D eigenvalue weighted by Gasteiger charge is 2.47. The van der Waals surface area contributed by atoms with Crippen molar-refractivity contribution in [1.82, 2.24) is 0 Å². The average Bonchev–Trinajstić information content (AvgIpc) is 3.01. The molecule has 3 aromatic carbocycles. The molecule has 2 aliphatic rings. The number of carbonyl (C=O) groups excluding carboxylic acids is 1. The van der Waals surface area contributed by atoms with Gasteiger partial charge in [0.25, 0.3) is 11.9 Å². The molecule has 2 heterocycles. The van der Waals surface area contributed by atoms with Gasteiger partial charge in [0.1, 0.15) is 53.8 Å². The summed E-state index contributed by atoms with van der Waals surface area (Å²) >= 11 is 0. The van der Waals surface area contributed by atoms with Crippen molar-refractivity contribution < 1.29 is 69.3 Å². The quantitative estimate of drug-likeness (QED) is 0.0770. The molecule has 238 valence electrons. The van der Waals surface area contributed by atoms with Gasteiger partial charge in [0.2, 0.25) is 12.0 Å². The number of esters is 1. The second kappa shape index (κ2) is 12.8. The van der Waals surface area contributed by atoms with Crippen LogP contribution in [-0.4, -0.2) is 96.0 Å². The van der Waals surface area contributed by atoms with Crippen LogP contribution in [0.25, 0.3) is 12.2 Å². The van der Waals surface area contributed by atoms with Gasteiger partial charge in [-0.25, -0.2) is 4.79 Å². The van der Waals surface area contributed by atoms with E-state index < -0.39 is 60.9 Å². The Morgan fingerprint density at radius 1 is 0.911 bits per heavy atom. The Kier molecular flexibility index (Phi) is 8.92. The lowest BCUT2D eigenvalue weighted by Crippen LogP contribution is -2.59. The van der Waals surface area contributed by atoms with Crippen molar-refractivity contribution in [3.8, 4) is 40.2 Å². The number of hydrogen-bond acceptors (Lipinski definition) is 13. The third kappa shape index (κ3) is 6.68. The largest absolute Gasteiger partial charge is 0.571 e. The maximum atomic E-state index is 12.3. The topological polar surface area (TPSA) is 229 Å². The van der Waals surface area contributed by atoms with Gasteiger partial charge in [-0.15, -0.1) is 0 Å². The minimum atomic E-state index is -1.81. The zero-order chi connectivity index (χ0) is 32.4. The first-order valence-electron chi connectivity index (χ1n) is 13.5. The van der Waals surface area contributed by atoms with E-state index in [-0.39, 0.29) is 45.6 Å². The molecule has 0 amide bonds. The summed E-state index contributed by atoms with van der Waals surface area (Å²) in [4.78, 5) is 12.3. The molecule has 3 aromatic rings. The third-order valence-electron chi connectivity index (χ3n) is 7.17. The number of carbonyl (C=O) groups is 1. The number of aliphatic hydroxyl groups excluding tert-OH is 3. The molecular weight excluding hydrogens is 596 g/mol. The number of aliphatic hydroxyl groups is 4. The molecule has 14 heteroatoms. The number of aromatic hydroxyl groups is 6. The van der Waals surface area contributed by atoms with E-state index in [1.165, 1.54) is 49.6 Å². The maximum Gasteiger partial charge on any atom is 0.330 e. The number of benzene rings is 3. The fourth-order valence-electron chi connectivity index (χ4n) is 4.80. The minimum absolute atomic E-state index is 0.0564. The lowest BCUT2D eigenvalue weighted by Gasteiger charge is -2.40. The van der Waals surface area contributed by atoms with Gasteiger partial charge in [-0.05, 0) is 35.9 Å². The maximum absolute atomic E-state index is 12.3. The van der Waals surface area contributed by atoms with E-state index in [2.05, 4.69) is 4.74 Å². The lowest BCUT2D eigenvalue weighted by atomic mass is 9.98. The average molecular weight is 628 g/mol. The molecule has 2 unspecified atom stereocenters. The summed E-state index contributed by atoms with van der Waals surface area (Å²) in [6, 6.07) is 10.9. The van der Waals surface area contributed by atoms with Gasteiger partial charge in [0.05, 0.1) is 18.7 Å². The summed E-state index contributed by atoms with van der Waals surface area (Å²) in [5.74, 6) is -2.49. The van der Waals surface area contributed by atoms with Gasteiger partial charge < -0.3 is 64.5 Å². The monoisotopic (exact) mass is 627 g/mol. The van der Waals surface area contributed by atoms with Gasteiger partial charge in [0, 0.05) is 18.2 Å². The van der Waals surface area contributed by atoms with Gasteiger partial charge in [0.15, 0.2) is 17.3 Å². The molecule has 2 aliphatic heterocycles. The van der Waals surface area contributed by atoms with Crippen LogP contribution in [0.5, 0.6) is 40.2 Å². The molecule has 0 aliphatic carbocycles. The van der Waals surface area contributed by atoms with Crippen LogP contribution in [0.2, 0.25) is 0 Å². The van der Waals surface area contributed by atoms with E-state index >= 15 is 0 Å². The molecule has 0 saturated carbocycles. The van der Waals surface area contributed by atoms with Crippen molar-refractivity contribution in [3.63, 3.8) is 0 Å². The number of fused-ring (bicyclic) bond motifs is 1. The first kappa shape index (κ1) is 31.3. The Balaban J connectivity index is 1.38. The van der Waals surface area contributed by atoms with Crippen LogP contribution in [0.4, 0.5) is 0 Å². The number of hydrogen-bond donors (Lipinski definition) is 8. The summed E-state index contributed by atoms with van der Waals surface area (Å²) in [5.41, 5.74) is 0.957. The van der Waals surface area contributed by atoms with Crippen molar-refractivity contribution in [1.29, 1.82) is 0 Å². The molecule has 14 nitrogen and oxygen atoms in total. The molecular formula is C31H31O14+. The SMILES string of the molecule is COc1cc(C2[OH+]c3cc(O)cc(O)c3C=C2OC2O[C@H](COC(=O)/C=C/c3ccc(O)cc3)[C@@H](O)[C@H](O)[C@H]2O)cc(O)c1O. The number of ether oxygens (including phenoxy) is 5. The zero-order valence-corrected chi connectivity index (χ0v) is 23.6. The Hall–Kier alpha value is -5.15. The highest BCUT2D eigenvalue weighted by atomic mass is 16.7. The van der Waals surface area contributed by atoms with Crippen molar-refractivity contribution in [2.75, 3.05) is 13.7 Å². The lowest BCUT2D eigenvalue weighted by molar-refractivity contribution is -0.296. The van der Waals surface area contributed by atoms with Gasteiger partial charge in [-0.1, -0.05) is 12.1 Å². The molecule has 1 saturated heterocycles. The number of phenols is 5. The van der Waals surface area contributed by atoms with Crippen LogP contribution in [0, 0.1) is 0 Å². The van der Waals surface area contributed by atoms with Crippen LogP contribution in [0.3, 0.4) is 0 Å². The fraction of sp³-hybridized carbons (Fsp3) is 0.258. The normalized spacial score (nSPS) is 24.3. The molecule has 45 heavy (non-hydrogen) atoms. The van der Waals surface area contributed by atoms with E-state index in [0.717, 1.165) is 12.1 Å². The highest BCUT2D eigenvalue weighted by Crippen LogP contribution is 2.47.